The Morgan fingerprint density at radius 3 is 2.56 bits per heavy atom. The Labute approximate surface area is 99.2 Å². The fraction of sp³-hybridized carbons (Fsp3) is 1.00. The molecule has 5 heteroatoms. The summed E-state index contributed by atoms with van der Waals surface area (Å²) >= 11 is 0. The SMILES string of the molecule is CC(C)(C)CS(=O)(=O)NCC[C@H]1CCCN1. The summed E-state index contributed by atoms with van der Waals surface area (Å²) in [5.41, 5.74) is -0.183. The number of sulfonamides is 1. The zero-order chi connectivity index (χ0) is 12.2. The maximum absolute atomic E-state index is 11.7. The second-order valence-electron chi connectivity index (χ2n) is 5.80. The van der Waals surface area contributed by atoms with Crippen molar-refractivity contribution in [2.24, 2.45) is 5.41 Å². The summed E-state index contributed by atoms with van der Waals surface area (Å²) in [5, 5.41) is 3.36. The molecular formula is C11H24N2O2S. The van der Waals surface area contributed by atoms with Gasteiger partial charge in [-0.1, -0.05) is 20.8 Å². The Bertz CT molecular complexity index is 300. The second kappa shape index (κ2) is 5.47. The summed E-state index contributed by atoms with van der Waals surface area (Å²) in [6, 6.07) is 0.498. The molecule has 16 heavy (non-hydrogen) atoms. The van der Waals surface area contributed by atoms with Gasteiger partial charge in [-0.05, 0) is 31.2 Å². The molecule has 0 aromatic carbocycles. The lowest BCUT2D eigenvalue weighted by atomic mass is 10.0. The maximum atomic E-state index is 11.7. The molecule has 0 saturated carbocycles. The summed E-state index contributed by atoms with van der Waals surface area (Å²) < 4.78 is 26.1. The van der Waals surface area contributed by atoms with E-state index in [0.717, 1.165) is 13.0 Å². The lowest BCUT2D eigenvalue weighted by Crippen LogP contribution is -2.35. The van der Waals surface area contributed by atoms with Crippen molar-refractivity contribution >= 4 is 10.0 Å². The molecule has 1 aliphatic rings. The molecule has 0 aromatic heterocycles. The maximum Gasteiger partial charge on any atom is 0.212 e. The second-order valence-corrected chi connectivity index (χ2v) is 7.60. The van der Waals surface area contributed by atoms with Crippen molar-refractivity contribution in [1.29, 1.82) is 0 Å². The molecule has 1 fully saturated rings. The largest absolute Gasteiger partial charge is 0.314 e. The molecule has 2 N–H and O–H groups in total. The van der Waals surface area contributed by atoms with Crippen LogP contribution in [0, 0.1) is 5.41 Å². The summed E-state index contributed by atoms with van der Waals surface area (Å²) in [6.45, 7) is 7.43. The van der Waals surface area contributed by atoms with Crippen molar-refractivity contribution in [3.8, 4) is 0 Å². The van der Waals surface area contributed by atoms with E-state index >= 15 is 0 Å². The molecule has 0 radical (unpaired) electrons. The lowest BCUT2D eigenvalue weighted by Gasteiger charge is -2.18. The van der Waals surface area contributed by atoms with Crippen LogP contribution in [-0.4, -0.2) is 33.3 Å². The van der Waals surface area contributed by atoms with Gasteiger partial charge < -0.3 is 5.32 Å². The summed E-state index contributed by atoms with van der Waals surface area (Å²) in [4.78, 5) is 0. The minimum Gasteiger partial charge on any atom is -0.314 e. The van der Waals surface area contributed by atoms with Crippen LogP contribution in [0.15, 0.2) is 0 Å². The third-order valence-electron chi connectivity index (χ3n) is 2.60. The Kier molecular flexibility index (Phi) is 4.76. The summed E-state index contributed by atoms with van der Waals surface area (Å²) in [5.74, 6) is 0.193. The van der Waals surface area contributed by atoms with Crippen LogP contribution in [0.1, 0.15) is 40.0 Å². The third-order valence-corrected chi connectivity index (χ3v) is 4.49. The highest BCUT2D eigenvalue weighted by Crippen LogP contribution is 2.15. The third kappa shape index (κ3) is 5.82. The minimum atomic E-state index is -3.11. The zero-order valence-corrected chi connectivity index (χ0v) is 11.4. The first kappa shape index (κ1) is 13.9. The zero-order valence-electron chi connectivity index (χ0n) is 10.5. The predicted molar refractivity (Wildman–Crippen MR) is 66.9 cm³/mol. The molecule has 1 heterocycles. The standard InChI is InChI=1S/C11H24N2O2S/c1-11(2,3)9-16(14,15)13-8-6-10-5-4-7-12-10/h10,12-13H,4-9H2,1-3H3/t10-/m1/s1. The van der Waals surface area contributed by atoms with Crippen molar-refractivity contribution in [2.45, 2.75) is 46.1 Å². The highest BCUT2D eigenvalue weighted by atomic mass is 32.2. The van der Waals surface area contributed by atoms with E-state index in [-0.39, 0.29) is 11.2 Å². The van der Waals surface area contributed by atoms with E-state index in [0.29, 0.717) is 12.6 Å². The molecule has 1 atom stereocenters. The number of hydrogen-bond acceptors (Lipinski definition) is 3. The molecule has 1 aliphatic heterocycles. The summed E-state index contributed by atoms with van der Waals surface area (Å²) in [7, 11) is -3.11. The van der Waals surface area contributed by atoms with Gasteiger partial charge in [0.1, 0.15) is 0 Å². The first-order valence-corrected chi connectivity index (χ1v) is 7.64. The van der Waals surface area contributed by atoms with Gasteiger partial charge in [0, 0.05) is 12.6 Å². The van der Waals surface area contributed by atoms with Crippen molar-refractivity contribution in [3.05, 3.63) is 0 Å². The van der Waals surface area contributed by atoms with Gasteiger partial charge in [0.25, 0.3) is 0 Å². The van der Waals surface area contributed by atoms with Crippen molar-refractivity contribution in [2.75, 3.05) is 18.8 Å². The number of nitrogens with one attached hydrogen (secondary N) is 2. The highest BCUT2D eigenvalue weighted by molar-refractivity contribution is 7.89. The molecule has 4 nitrogen and oxygen atoms in total. The van der Waals surface area contributed by atoms with Gasteiger partial charge in [0.15, 0.2) is 0 Å². The van der Waals surface area contributed by atoms with E-state index in [9.17, 15) is 8.42 Å². The molecule has 1 saturated heterocycles. The average molecular weight is 248 g/mol. The van der Waals surface area contributed by atoms with Gasteiger partial charge in [-0.25, -0.2) is 13.1 Å². The van der Waals surface area contributed by atoms with E-state index in [1.807, 2.05) is 20.8 Å². The molecule has 0 aromatic rings. The van der Waals surface area contributed by atoms with Gasteiger partial charge >= 0.3 is 0 Å². The van der Waals surface area contributed by atoms with E-state index in [4.69, 9.17) is 0 Å². The monoisotopic (exact) mass is 248 g/mol. The molecule has 0 aliphatic carbocycles. The molecule has 0 unspecified atom stereocenters. The highest BCUT2D eigenvalue weighted by Gasteiger charge is 2.21. The quantitative estimate of drug-likeness (QED) is 0.766. The van der Waals surface area contributed by atoms with E-state index in [2.05, 4.69) is 10.0 Å². The van der Waals surface area contributed by atoms with Gasteiger partial charge in [-0.2, -0.15) is 0 Å². The first-order valence-electron chi connectivity index (χ1n) is 5.99. The molecule has 1 rings (SSSR count). The van der Waals surface area contributed by atoms with Crippen LogP contribution in [0.3, 0.4) is 0 Å². The van der Waals surface area contributed by atoms with Crippen LogP contribution in [-0.2, 0) is 10.0 Å². The van der Waals surface area contributed by atoms with E-state index in [1.54, 1.807) is 0 Å². The summed E-state index contributed by atoms with van der Waals surface area (Å²) in [6.07, 6.45) is 3.27. The van der Waals surface area contributed by atoms with E-state index in [1.165, 1.54) is 12.8 Å². The molecule has 0 amide bonds. The number of hydrogen-bond donors (Lipinski definition) is 2. The van der Waals surface area contributed by atoms with E-state index < -0.39 is 10.0 Å². The fourth-order valence-corrected chi connectivity index (χ4v) is 3.68. The Morgan fingerprint density at radius 1 is 1.38 bits per heavy atom. The van der Waals surface area contributed by atoms with Gasteiger partial charge in [0.05, 0.1) is 5.75 Å². The molecular weight excluding hydrogens is 224 g/mol. The lowest BCUT2D eigenvalue weighted by molar-refractivity contribution is 0.456. The molecule has 0 bridgehead atoms. The average Bonchev–Trinajstić information content (AvgIpc) is 2.51. The minimum absolute atomic E-state index is 0.183. The van der Waals surface area contributed by atoms with Crippen LogP contribution in [0.25, 0.3) is 0 Å². The fourth-order valence-electron chi connectivity index (χ4n) is 2.01. The molecule has 0 spiro atoms. The van der Waals surface area contributed by atoms with Gasteiger partial charge in [-0.3, -0.25) is 0 Å². The topological polar surface area (TPSA) is 58.2 Å². The van der Waals surface area contributed by atoms with Crippen molar-refractivity contribution in [3.63, 3.8) is 0 Å². The number of rotatable bonds is 5. The molecule has 96 valence electrons. The Hall–Kier alpha value is -0.130. The van der Waals surface area contributed by atoms with Crippen LogP contribution in [0.4, 0.5) is 0 Å². The van der Waals surface area contributed by atoms with Crippen LogP contribution in [0.2, 0.25) is 0 Å². The van der Waals surface area contributed by atoms with Gasteiger partial charge in [0.2, 0.25) is 10.0 Å². The predicted octanol–water partition coefficient (Wildman–Crippen LogP) is 1.09. The van der Waals surface area contributed by atoms with Crippen LogP contribution < -0.4 is 10.0 Å². The normalized spacial score (nSPS) is 22.6. The van der Waals surface area contributed by atoms with Crippen LogP contribution in [0.5, 0.6) is 0 Å². The Balaban J connectivity index is 2.25. The Morgan fingerprint density at radius 2 is 2.06 bits per heavy atom. The smallest absolute Gasteiger partial charge is 0.212 e. The van der Waals surface area contributed by atoms with Crippen molar-refractivity contribution in [1.82, 2.24) is 10.0 Å². The van der Waals surface area contributed by atoms with Crippen molar-refractivity contribution < 1.29 is 8.42 Å². The van der Waals surface area contributed by atoms with Gasteiger partial charge in [-0.15, -0.1) is 0 Å². The first-order chi connectivity index (χ1) is 7.29. The van der Waals surface area contributed by atoms with Crippen LogP contribution >= 0.6 is 0 Å².